The van der Waals surface area contributed by atoms with Gasteiger partial charge in [0, 0.05) is 0 Å². The standard InChI is InChI=1S/C14H33FNPSi/c1-12(2)9-17(10-13(3)4,11-14(5)6)16-18(7,8)15/h12-14H,9-11H2,1-8H3. The fourth-order valence-electron chi connectivity index (χ4n) is 2.89. The first-order chi connectivity index (χ1) is 7.96. The van der Waals surface area contributed by atoms with Gasteiger partial charge in [0.2, 0.25) is 0 Å². The number of nitrogens with zero attached hydrogens (tertiary/aromatic N) is 1. The molecule has 0 aromatic heterocycles. The van der Waals surface area contributed by atoms with E-state index < -0.39 is 15.6 Å². The highest BCUT2D eigenvalue weighted by atomic mass is 31.2. The molecule has 0 radical (unpaired) electrons. The van der Waals surface area contributed by atoms with Crippen LogP contribution in [0.1, 0.15) is 41.5 Å². The molecule has 0 N–H and O–H groups in total. The van der Waals surface area contributed by atoms with Crippen LogP contribution in [0.25, 0.3) is 0 Å². The number of hydrogen-bond donors (Lipinski definition) is 0. The molecular weight excluding hydrogens is 260 g/mol. The molecule has 0 bridgehead atoms. The van der Waals surface area contributed by atoms with Crippen LogP contribution < -0.4 is 0 Å². The average molecular weight is 293 g/mol. The molecule has 0 aliphatic rings. The molecule has 0 atom stereocenters. The van der Waals surface area contributed by atoms with Gasteiger partial charge in [-0.1, -0.05) is 41.5 Å². The Labute approximate surface area is 115 Å². The summed E-state index contributed by atoms with van der Waals surface area (Å²) in [6, 6.07) is 0. The Morgan fingerprint density at radius 1 is 0.833 bits per heavy atom. The molecule has 0 saturated heterocycles. The van der Waals surface area contributed by atoms with E-state index in [1.807, 2.05) is 0 Å². The molecule has 18 heavy (non-hydrogen) atoms. The van der Waals surface area contributed by atoms with Crippen LogP contribution in [0, 0.1) is 17.8 Å². The van der Waals surface area contributed by atoms with Crippen molar-refractivity contribution in [3.8, 4) is 0 Å². The van der Waals surface area contributed by atoms with E-state index in [2.05, 4.69) is 41.5 Å². The van der Waals surface area contributed by atoms with E-state index in [9.17, 15) is 4.11 Å². The molecule has 0 rings (SSSR count). The van der Waals surface area contributed by atoms with Crippen LogP contribution in [0.15, 0.2) is 4.41 Å². The van der Waals surface area contributed by atoms with Gasteiger partial charge in [-0.3, -0.25) is 4.11 Å². The van der Waals surface area contributed by atoms with Crippen LogP contribution >= 0.6 is 7.05 Å². The first-order valence-corrected chi connectivity index (χ1v) is 12.4. The van der Waals surface area contributed by atoms with Gasteiger partial charge in [0.05, 0.1) is 0 Å². The maximum absolute atomic E-state index is 14.2. The second kappa shape index (κ2) is 7.24. The summed E-state index contributed by atoms with van der Waals surface area (Å²) in [7, 11) is -4.29. The summed E-state index contributed by atoms with van der Waals surface area (Å²) in [5.74, 6) is 1.86. The van der Waals surface area contributed by atoms with Gasteiger partial charge in [0.25, 0.3) is 0 Å². The highest BCUT2D eigenvalue weighted by molar-refractivity contribution is 7.67. The van der Waals surface area contributed by atoms with Crippen LogP contribution in [0.5, 0.6) is 0 Å². The lowest BCUT2D eigenvalue weighted by Crippen LogP contribution is -2.20. The van der Waals surface area contributed by atoms with Gasteiger partial charge in [-0.05, 0) is 56.4 Å². The smallest absolute Gasteiger partial charge is 0.305 e. The van der Waals surface area contributed by atoms with Crippen molar-refractivity contribution in [1.29, 1.82) is 0 Å². The molecule has 0 fully saturated rings. The van der Waals surface area contributed by atoms with Gasteiger partial charge >= 0.3 is 8.57 Å². The number of halogens is 1. The molecule has 0 aliphatic heterocycles. The minimum atomic E-state index is -2.82. The summed E-state index contributed by atoms with van der Waals surface area (Å²) in [5.41, 5.74) is 0. The number of rotatable bonds is 7. The zero-order valence-corrected chi connectivity index (χ0v) is 15.5. The van der Waals surface area contributed by atoms with E-state index in [0.29, 0.717) is 17.8 Å². The SMILES string of the molecule is CC(C)CP(CC(C)C)(CC(C)C)=N[Si](C)(C)F. The molecule has 0 saturated carbocycles. The van der Waals surface area contributed by atoms with Gasteiger partial charge in [0.15, 0.2) is 0 Å². The third kappa shape index (κ3) is 8.47. The average Bonchev–Trinajstić information content (AvgIpc) is 1.92. The van der Waals surface area contributed by atoms with E-state index in [4.69, 9.17) is 4.41 Å². The molecule has 1 nitrogen and oxygen atoms in total. The molecule has 0 aromatic rings. The lowest BCUT2D eigenvalue weighted by atomic mass is 10.3. The summed E-state index contributed by atoms with van der Waals surface area (Å²) in [5, 5.41) is 0. The Hall–Kier alpha value is 0.377. The van der Waals surface area contributed by atoms with Crippen molar-refractivity contribution in [1.82, 2.24) is 0 Å². The highest BCUT2D eigenvalue weighted by Crippen LogP contribution is 2.55. The van der Waals surface area contributed by atoms with Gasteiger partial charge in [-0.15, -0.1) is 0 Å². The monoisotopic (exact) mass is 293 g/mol. The third-order valence-corrected chi connectivity index (χ3v) is 10.4. The second-order valence-electron chi connectivity index (χ2n) is 7.33. The molecule has 0 spiro atoms. The molecule has 110 valence electrons. The van der Waals surface area contributed by atoms with Crippen molar-refractivity contribution >= 4 is 15.6 Å². The lowest BCUT2D eigenvalue weighted by Gasteiger charge is -2.32. The third-order valence-electron chi connectivity index (χ3n) is 2.56. The van der Waals surface area contributed by atoms with E-state index in [-0.39, 0.29) is 0 Å². The summed E-state index contributed by atoms with van der Waals surface area (Å²) in [4.78, 5) is 0. The van der Waals surface area contributed by atoms with Crippen molar-refractivity contribution < 1.29 is 4.11 Å². The maximum atomic E-state index is 14.2. The highest BCUT2D eigenvalue weighted by Gasteiger charge is 2.29. The molecule has 4 heteroatoms. The van der Waals surface area contributed by atoms with Crippen LogP contribution in [0.3, 0.4) is 0 Å². The first-order valence-electron chi connectivity index (χ1n) is 7.25. The Bertz CT molecular complexity index is 259. The van der Waals surface area contributed by atoms with Crippen molar-refractivity contribution in [2.75, 3.05) is 18.5 Å². The Balaban J connectivity index is 5.46. The molecule has 0 heterocycles. The number of hydrogen-bond acceptors (Lipinski definition) is 1. The topological polar surface area (TPSA) is 12.4 Å². The Morgan fingerprint density at radius 3 is 1.28 bits per heavy atom. The van der Waals surface area contributed by atoms with Gasteiger partial charge in [-0.2, -0.15) is 0 Å². The zero-order valence-electron chi connectivity index (χ0n) is 13.6. The fourth-order valence-corrected chi connectivity index (χ4v) is 12.4. The summed E-state index contributed by atoms with van der Waals surface area (Å²) in [6.45, 7) is 17.0. The Morgan fingerprint density at radius 2 is 1.11 bits per heavy atom. The van der Waals surface area contributed by atoms with Crippen LogP contribution in [0.4, 0.5) is 4.11 Å². The van der Waals surface area contributed by atoms with Crippen LogP contribution in [0.2, 0.25) is 13.1 Å². The minimum Gasteiger partial charge on any atom is -0.305 e. The van der Waals surface area contributed by atoms with E-state index in [1.165, 1.54) is 0 Å². The van der Waals surface area contributed by atoms with E-state index >= 15 is 0 Å². The maximum Gasteiger partial charge on any atom is 0.359 e. The summed E-state index contributed by atoms with van der Waals surface area (Å²) < 4.78 is 19.1. The molecule has 0 aliphatic carbocycles. The van der Waals surface area contributed by atoms with Gasteiger partial charge < -0.3 is 4.41 Å². The predicted octanol–water partition coefficient (Wildman–Crippen LogP) is 5.83. The lowest BCUT2D eigenvalue weighted by molar-refractivity contribution is 0.688. The van der Waals surface area contributed by atoms with Crippen LogP contribution in [-0.2, 0) is 0 Å². The van der Waals surface area contributed by atoms with Crippen molar-refractivity contribution in [3.63, 3.8) is 0 Å². The van der Waals surface area contributed by atoms with Crippen LogP contribution in [-0.4, -0.2) is 27.1 Å². The molecule has 0 aromatic carbocycles. The van der Waals surface area contributed by atoms with Gasteiger partial charge in [0.1, 0.15) is 0 Å². The van der Waals surface area contributed by atoms with E-state index in [0.717, 1.165) is 18.5 Å². The van der Waals surface area contributed by atoms with E-state index in [1.54, 1.807) is 13.1 Å². The Kier molecular flexibility index (Phi) is 7.39. The summed E-state index contributed by atoms with van der Waals surface area (Å²) in [6.07, 6.45) is 3.39. The predicted molar refractivity (Wildman–Crippen MR) is 87.1 cm³/mol. The minimum absolute atomic E-state index is 0.621. The van der Waals surface area contributed by atoms with Crippen molar-refractivity contribution in [3.05, 3.63) is 0 Å². The molecule has 0 amide bonds. The van der Waals surface area contributed by atoms with Crippen molar-refractivity contribution in [2.24, 2.45) is 22.2 Å². The molecule has 0 unspecified atom stereocenters. The van der Waals surface area contributed by atoms with Crippen molar-refractivity contribution in [2.45, 2.75) is 54.6 Å². The largest absolute Gasteiger partial charge is 0.359 e. The fraction of sp³-hybridized carbons (Fsp3) is 1.00. The zero-order chi connectivity index (χ0) is 14.6. The normalized spacial score (nSPS) is 13.8. The second-order valence-corrected chi connectivity index (χ2v) is 14.2. The quantitative estimate of drug-likeness (QED) is 0.318. The first kappa shape index (κ1) is 18.4. The molecular formula is C14H33FNPSi. The summed E-state index contributed by atoms with van der Waals surface area (Å²) >= 11 is 0. The van der Waals surface area contributed by atoms with Gasteiger partial charge in [-0.25, -0.2) is 0 Å².